The second-order valence-corrected chi connectivity index (χ2v) is 6.40. The summed E-state index contributed by atoms with van der Waals surface area (Å²) in [4.78, 5) is 12.9. The number of ether oxygens (including phenoxy) is 1. The van der Waals surface area contributed by atoms with Gasteiger partial charge in [0.2, 0.25) is 5.95 Å². The Labute approximate surface area is 154 Å². The zero-order chi connectivity index (χ0) is 18.4. The molecule has 1 aromatic heterocycles. The Morgan fingerprint density at radius 2 is 2.12 bits per heavy atom. The molecule has 0 amide bonds. The minimum atomic E-state index is 0.161. The maximum atomic E-state index is 9.53. The molecule has 140 valence electrons. The van der Waals surface area contributed by atoms with Crippen molar-refractivity contribution in [3.05, 3.63) is 42.1 Å². The highest BCUT2D eigenvalue weighted by Crippen LogP contribution is 2.25. The van der Waals surface area contributed by atoms with E-state index in [2.05, 4.69) is 25.8 Å². The molecule has 0 unspecified atom stereocenters. The first-order chi connectivity index (χ1) is 12.7. The number of aliphatic hydroxyl groups is 1. The van der Waals surface area contributed by atoms with E-state index in [0.29, 0.717) is 13.0 Å². The van der Waals surface area contributed by atoms with E-state index in [4.69, 9.17) is 10.5 Å². The minimum Gasteiger partial charge on any atom is -0.494 e. The van der Waals surface area contributed by atoms with Gasteiger partial charge in [0.1, 0.15) is 11.6 Å². The van der Waals surface area contributed by atoms with Crippen LogP contribution in [0.25, 0.3) is 0 Å². The molecule has 1 aliphatic rings. The van der Waals surface area contributed by atoms with E-state index < -0.39 is 0 Å². The van der Waals surface area contributed by atoms with Crippen LogP contribution in [0.4, 0.5) is 11.8 Å². The molecule has 1 aromatic carbocycles. The molecule has 0 radical (unpaired) electrons. The average Bonchev–Trinajstić information content (AvgIpc) is 2.65. The Morgan fingerprint density at radius 1 is 1.27 bits per heavy atom. The fraction of sp³-hybridized carbons (Fsp3) is 0.474. The monoisotopic (exact) mass is 357 g/mol. The van der Waals surface area contributed by atoms with Crippen molar-refractivity contribution in [2.75, 3.05) is 43.5 Å². The van der Waals surface area contributed by atoms with Gasteiger partial charge in [-0.15, -0.1) is 0 Å². The lowest BCUT2D eigenvalue weighted by molar-refractivity contribution is 0.134. The molecular formula is C19H27N5O2. The van der Waals surface area contributed by atoms with Crippen molar-refractivity contribution < 1.29 is 9.84 Å². The van der Waals surface area contributed by atoms with Crippen molar-refractivity contribution in [3.8, 4) is 5.75 Å². The normalized spacial score (nSPS) is 18.1. The second-order valence-electron chi connectivity index (χ2n) is 6.40. The van der Waals surface area contributed by atoms with Gasteiger partial charge in [-0.3, -0.25) is 4.90 Å². The van der Waals surface area contributed by atoms with E-state index in [-0.39, 0.29) is 18.6 Å². The lowest BCUT2D eigenvalue weighted by Crippen LogP contribution is -2.53. The highest BCUT2D eigenvalue weighted by molar-refractivity contribution is 5.42. The third-order valence-corrected chi connectivity index (χ3v) is 4.70. The van der Waals surface area contributed by atoms with Gasteiger partial charge in [0, 0.05) is 50.6 Å². The number of nitrogen functional groups attached to an aromatic ring is 1. The minimum absolute atomic E-state index is 0.161. The van der Waals surface area contributed by atoms with E-state index in [1.165, 1.54) is 5.56 Å². The number of nitrogens with two attached hydrogens (primary N) is 1. The Bertz CT molecular complexity index is 712. The topological polar surface area (TPSA) is 87.7 Å². The van der Waals surface area contributed by atoms with Crippen LogP contribution in [0.5, 0.6) is 5.75 Å². The van der Waals surface area contributed by atoms with E-state index >= 15 is 0 Å². The van der Waals surface area contributed by atoms with E-state index in [1.54, 1.807) is 6.20 Å². The predicted molar refractivity (Wildman–Crippen MR) is 102 cm³/mol. The van der Waals surface area contributed by atoms with Gasteiger partial charge in [0.15, 0.2) is 0 Å². The number of para-hydroxylation sites is 1. The summed E-state index contributed by atoms with van der Waals surface area (Å²) in [6.07, 6.45) is 2.40. The fourth-order valence-corrected chi connectivity index (χ4v) is 3.42. The fourth-order valence-electron chi connectivity index (χ4n) is 3.42. The Balaban J connectivity index is 1.73. The molecule has 3 rings (SSSR count). The molecule has 1 saturated heterocycles. The number of piperazine rings is 1. The van der Waals surface area contributed by atoms with Gasteiger partial charge >= 0.3 is 0 Å². The van der Waals surface area contributed by atoms with Crippen molar-refractivity contribution in [2.45, 2.75) is 25.9 Å². The molecule has 1 aliphatic heterocycles. The number of nitrogens with zero attached hydrogens (tertiary/aromatic N) is 4. The van der Waals surface area contributed by atoms with Crippen LogP contribution >= 0.6 is 0 Å². The van der Waals surface area contributed by atoms with Gasteiger partial charge in [-0.05, 0) is 25.5 Å². The van der Waals surface area contributed by atoms with Gasteiger partial charge < -0.3 is 20.5 Å². The summed E-state index contributed by atoms with van der Waals surface area (Å²) in [5.41, 5.74) is 6.90. The van der Waals surface area contributed by atoms with Crippen LogP contribution in [0.3, 0.4) is 0 Å². The Hall–Kier alpha value is -2.38. The highest BCUT2D eigenvalue weighted by atomic mass is 16.5. The molecule has 1 atom stereocenters. The maximum absolute atomic E-state index is 9.53. The molecule has 0 bridgehead atoms. The Kier molecular flexibility index (Phi) is 6.25. The van der Waals surface area contributed by atoms with Crippen molar-refractivity contribution in [2.24, 2.45) is 0 Å². The smallest absolute Gasteiger partial charge is 0.221 e. The predicted octanol–water partition coefficient (Wildman–Crippen LogP) is 1.53. The number of aliphatic hydroxyl groups excluding tert-OH is 1. The van der Waals surface area contributed by atoms with Crippen LogP contribution in [0.15, 0.2) is 36.5 Å². The first-order valence-corrected chi connectivity index (χ1v) is 9.10. The second kappa shape index (κ2) is 8.82. The van der Waals surface area contributed by atoms with E-state index in [0.717, 1.165) is 37.7 Å². The van der Waals surface area contributed by atoms with Crippen LogP contribution < -0.4 is 15.4 Å². The summed E-state index contributed by atoms with van der Waals surface area (Å²) in [7, 11) is 0. The van der Waals surface area contributed by atoms with E-state index in [1.807, 2.05) is 31.2 Å². The number of hydrogen-bond acceptors (Lipinski definition) is 7. The molecule has 7 heteroatoms. The molecule has 0 spiro atoms. The maximum Gasteiger partial charge on any atom is 0.221 e. The summed E-state index contributed by atoms with van der Waals surface area (Å²) in [6.45, 7) is 6.16. The summed E-state index contributed by atoms with van der Waals surface area (Å²) in [6, 6.07) is 10.3. The zero-order valence-corrected chi connectivity index (χ0v) is 15.2. The molecular weight excluding hydrogens is 330 g/mol. The van der Waals surface area contributed by atoms with Crippen molar-refractivity contribution in [1.82, 2.24) is 14.9 Å². The highest BCUT2D eigenvalue weighted by Gasteiger charge is 2.28. The summed E-state index contributed by atoms with van der Waals surface area (Å²) in [5, 5.41) is 9.53. The van der Waals surface area contributed by atoms with Crippen LogP contribution in [-0.2, 0) is 6.54 Å². The van der Waals surface area contributed by atoms with Crippen LogP contribution in [0.2, 0.25) is 0 Å². The molecule has 26 heavy (non-hydrogen) atoms. The number of rotatable bonds is 7. The van der Waals surface area contributed by atoms with Gasteiger partial charge in [-0.2, -0.15) is 4.98 Å². The quantitative estimate of drug-likeness (QED) is 0.777. The lowest BCUT2D eigenvalue weighted by Gasteiger charge is -2.42. The molecule has 1 fully saturated rings. The number of benzene rings is 1. The molecule has 3 N–H and O–H groups in total. The third kappa shape index (κ3) is 4.42. The van der Waals surface area contributed by atoms with Crippen LogP contribution in [0.1, 0.15) is 18.9 Å². The van der Waals surface area contributed by atoms with Gasteiger partial charge in [0.25, 0.3) is 0 Å². The average molecular weight is 357 g/mol. The zero-order valence-electron chi connectivity index (χ0n) is 15.2. The lowest BCUT2D eigenvalue weighted by atomic mass is 10.1. The standard InChI is InChI=1S/C19H27N5O2/c1-2-26-17-6-4-3-5-15(17)13-23-10-11-24(14-16(23)8-12-25)18-7-9-21-19(20)22-18/h3-7,9,16,25H,2,8,10-14H2,1H3,(H2,20,21,22)/t16-/m1/s1. The van der Waals surface area contributed by atoms with Gasteiger partial charge in [-0.1, -0.05) is 18.2 Å². The molecule has 2 heterocycles. The molecule has 0 aliphatic carbocycles. The van der Waals surface area contributed by atoms with Gasteiger partial charge in [0.05, 0.1) is 6.61 Å². The molecule has 7 nitrogen and oxygen atoms in total. The number of anilines is 2. The first-order valence-electron chi connectivity index (χ1n) is 9.10. The summed E-state index contributed by atoms with van der Waals surface area (Å²) >= 11 is 0. The van der Waals surface area contributed by atoms with Crippen molar-refractivity contribution in [1.29, 1.82) is 0 Å². The van der Waals surface area contributed by atoms with Crippen LogP contribution in [0, 0.1) is 0 Å². The van der Waals surface area contributed by atoms with Gasteiger partial charge in [-0.25, -0.2) is 4.98 Å². The number of aromatic nitrogens is 2. The first kappa shape index (κ1) is 18.4. The summed E-state index contributed by atoms with van der Waals surface area (Å²) in [5.74, 6) is 2.06. The Morgan fingerprint density at radius 3 is 2.88 bits per heavy atom. The number of hydrogen-bond donors (Lipinski definition) is 2. The SMILES string of the molecule is CCOc1ccccc1CN1CCN(c2ccnc(N)n2)C[C@H]1CCO. The summed E-state index contributed by atoms with van der Waals surface area (Å²) < 4.78 is 5.76. The van der Waals surface area contributed by atoms with Crippen LogP contribution in [-0.4, -0.2) is 58.9 Å². The van der Waals surface area contributed by atoms with Crippen molar-refractivity contribution in [3.63, 3.8) is 0 Å². The van der Waals surface area contributed by atoms with Crippen molar-refractivity contribution >= 4 is 11.8 Å². The third-order valence-electron chi connectivity index (χ3n) is 4.70. The molecule has 0 saturated carbocycles. The largest absolute Gasteiger partial charge is 0.494 e. The molecule has 2 aromatic rings. The van der Waals surface area contributed by atoms with E-state index in [9.17, 15) is 5.11 Å².